The average molecular weight is 383 g/mol. The van der Waals surface area contributed by atoms with Gasteiger partial charge in [0.2, 0.25) is 0 Å². The molecule has 0 atom stereocenters. The maximum Gasteiger partial charge on any atom is 2.00 e. The SMILES string of the molecule is CC.[CH3-].[W+2].[c-]1cccc(-c2ccncc2)c1. The van der Waals surface area contributed by atoms with Gasteiger partial charge in [-0.25, -0.2) is 0 Å². The fourth-order valence-electron chi connectivity index (χ4n) is 1.12. The largest absolute Gasteiger partial charge is 2.00 e. The van der Waals surface area contributed by atoms with Crippen molar-refractivity contribution in [1.82, 2.24) is 4.98 Å². The smallest absolute Gasteiger partial charge is 0.358 e. The van der Waals surface area contributed by atoms with Gasteiger partial charge in [-0.15, -0.1) is 5.56 Å². The minimum Gasteiger partial charge on any atom is -0.358 e. The van der Waals surface area contributed by atoms with Crippen LogP contribution in [0.25, 0.3) is 11.1 Å². The molecule has 2 aromatic rings. The molecule has 0 aliphatic rings. The maximum absolute atomic E-state index is 3.96. The van der Waals surface area contributed by atoms with E-state index in [1.165, 1.54) is 11.1 Å². The van der Waals surface area contributed by atoms with Gasteiger partial charge in [0.1, 0.15) is 0 Å². The fourth-order valence-corrected chi connectivity index (χ4v) is 1.12. The molecule has 1 nitrogen and oxygen atoms in total. The van der Waals surface area contributed by atoms with Crippen LogP contribution in [0.15, 0.2) is 48.8 Å². The Morgan fingerprint density at radius 3 is 2.12 bits per heavy atom. The third kappa shape index (κ3) is 5.23. The Morgan fingerprint density at radius 1 is 1.00 bits per heavy atom. The van der Waals surface area contributed by atoms with E-state index in [1.54, 1.807) is 12.4 Å². The summed E-state index contributed by atoms with van der Waals surface area (Å²) in [7, 11) is 0. The number of benzene rings is 1. The van der Waals surface area contributed by atoms with Crippen molar-refractivity contribution in [3.63, 3.8) is 0 Å². The van der Waals surface area contributed by atoms with Crippen LogP contribution >= 0.6 is 0 Å². The average Bonchev–Trinajstić information content (AvgIpc) is 2.34. The molecule has 0 amide bonds. The van der Waals surface area contributed by atoms with Gasteiger partial charge in [0.25, 0.3) is 0 Å². The van der Waals surface area contributed by atoms with Crippen LogP contribution in [0.4, 0.5) is 0 Å². The van der Waals surface area contributed by atoms with Crippen LogP contribution in [0.3, 0.4) is 0 Å². The molecule has 16 heavy (non-hydrogen) atoms. The molecule has 0 aliphatic heterocycles. The van der Waals surface area contributed by atoms with E-state index in [-0.39, 0.29) is 28.5 Å². The van der Waals surface area contributed by atoms with Gasteiger partial charge < -0.3 is 7.43 Å². The number of hydrogen-bond donors (Lipinski definition) is 0. The number of hydrogen-bond acceptors (Lipinski definition) is 1. The molecule has 1 aromatic heterocycles. The Morgan fingerprint density at radius 2 is 1.62 bits per heavy atom. The molecule has 1 heterocycles. The van der Waals surface area contributed by atoms with E-state index in [1.807, 2.05) is 44.2 Å². The number of nitrogens with zero attached hydrogens (tertiary/aromatic N) is 1. The molecule has 2 rings (SSSR count). The molecule has 2 heteroatoms. The molecule has 0 bridgehead atoms. The summed E-state index contributed by atoms with van der Waals surface area (Å²) in [6.45, 7) is 4.00. The number of pyridine rings is 1. The van der Waals surface area contributed by atoms with Crippen molar-refractivity contribution < 1.29 is 21.1 Å². The van der Waals surface area contributed by atoms with Crippen molar-refractivity contribution in [3.8, 4) is 11.1 Å². The Labute approximate surface area is 113 Å². The second-order valence-electron chi connectivity index (χ2n) is 2.53. The molecule has 0 saturated heterocycles. The van der Waals surface area contributed by atoms with Gasteiger partial charge in [-0.3, -0.25) is 4.98 Å². The van der Waals surface area contributed by atoms with Crippen molar-refractivity contribution >= 4 is 0 Å². The van der Waals surface area contributed by atoms with E-state index in [2.05, 4.69) is 17.1 Å². The van der Waals surface area contributed by atoms with Crippen molar-refractivity contribution in [1.29, 1.82) is 0 Å². The molecule has 84 valence electrons. The summed E-state index contributed by atoms with van der Waals surface area (Å²) >= 11 is 0. The molecular formula is C14H17NW. The molecular weight excluding hydrogens is 366 g/mol. The van der Waals surface area contributed by atoms with E-state index < -0.39 is 0 Å². The van der Waals surface area contributed by atoms with Crippen LogP contribution in [0.1, 0.15) is 13.8 Å². The fraction of sp³-hybridized carbons (Fsp3) is 0.143. The summed E-state index contributed by atoms with van der Waals surface area (Å²) in [6, 6.07) is 14.9. The molecule has 0 fully saturated rings. The van der Waals surface area contributed by atoms with E-state index in [4.69, 9.17) is 0 Å². The zero-order chi connectivity index (χ0) is 10.2. The first kappa shape index (κ1) is 17.5. The van der Waals surface area contributed by atoms with Gasteiger partial charge in [-0.2, -0.15) is 30.3 Å². The second-order valence-corrected chi connectivity index (χ2v) is 2.53. The van der Waals surface area contributed by atoms with Crippen molar-refractivity contribution in [2.24, 2.45) is 0 Å². The number of aromatic nitrogens is 1. The first-order valence-corrected chi connectivity index (χ1v) is 4.83. The predicted octanol–water partition coefficient (Wildman–Crippen LogP) is 4.02. The Kier molecular flexibility index (Phi) is 11.5. The zero-order valence-corrected chi connectivity index (χ0v) is 12.9. The third-order valence-corrected chi connectivity index (χ3v) is 1.72. The standard InChI is InChI=1S/C11H8N.C2H6.CH3.W/c1-2-4-10(5-3-1)11-6-8-12-9-7-11;1-2;;/h1-2,4-9H;1-2H3;1H3;/q-1;;-1;+2. The van der Waals surface area contributed by atoms with Gasteiger partial charge in [-0.1, -0.05) is 19.4 Å². The third-order valence-electron chi connectivity index (χ3n) is 1.72. The van der Waals surface area contributed by atoms with Crippen molar-refractivity contribution in [2.75, 3.05) is 0 Å². The van der Waals surface area contributed by atoms with Gasteiger partial charge in [0, 0.05) is 12.4 Å². The number of rotatable bonds is 1. The molecule has 0 radical (unpaired) electrons. The maximum atomic E-state index is 3.96. The summed E-state index contributed by atoms with van der Waals surface area (Å²) in [4.78, 5) is 3.96. The zero-order valence-electron chi connectivity index (χ0n) is 9.97. The molecule has 0 unspecified atom stereocenters. The van der Waals surface area contributed by atoms with Gasteiger partial charge in [0.05, 0.1) is 0 Å². The van der Waals surface area contributed by atoms with E-state index in [0.29, 0.717) is 0 Å². The van der Waals surface area contributed by atoms with Crippen LogP contribution in [0.5, 0.6) is 0 Å². The monoisotopic (exact) mass is 383 g/mol. The predicted molar refractivity (Wildman–Crippen MR) is 66.3 cm³/mol. The van der Waals surface area contributed by atoms with Crippen LogP contribution in [0.2, 0.25) is 0 Å². The molecule has 0 aliphatic carbocycles. The summed E-state index contributed by atoms with van der Waals surface area (Å²) < 4.78 is 0. The summed E-state index contributed by atoms with van der Waals surface area (Å²) in [6.07, 6.45) is 3.59. The minimum atomic E-state index is 0. The second kappa shape index (κ2) is 10.6. The minimum absolute atomic E-state index is 0. The normalized spacial score (nSPS) is 7.62. The Bertz CT molecular complexity index is 308. The van der Waals surface area contributed by atoms with Crippen molar-refractivity contribution in [3.05, 3.63) is 62.3 Å². The van der Waals surface area contributed by atoms with Crippen LogP contribution in [-0.2, 0) is 21.1 Å². The topological polar surface area (TPSA) is 12.9 Å². The van der Waals surface area contributed by atoms with Crippen molar-refractivity contribution in [2.45, 2.75) is 13.8 Å². The van der Waals surface area contributed by atoms with E-state index >= 15 is 0 Å². The van der Waals surface area contributed by atoms with E-state index in [9.17, 15) is 0 Å². The summed E-state index contributed by atoms with van der Waals surface area (Å²) in [5.41, 5.74) is 2.36. The summed E-state index contributed by atoms with van der Waals surface area (Å²) in [5.74, 6) is 0. The van der Waals surface area contributed by atoms with Crippen LogP contribution < -0.4 is 0 Å². The first-order valence-electron chi connectivity index (χ1n) is 4.83. The van der Waals surface area contributed by atoms with Gasteiger partial charge in [-0.05, 0) is 12.1 Å². The summed E-state index contributed by atoms with van der Waals surface area (Å²) in [5, 5.41) is 0. The first-order chi connectivity index (χ1) is 6.97. The molecule has 1 aromatic carbocycles. The Balaban J connectivity index is 0. The van der Waals surface area contributed by atoms with Crippen LogP contribution in [0, 0.1) is 13.5 Å². The van der Waals surface area contributed by atoms with Crippen LogP contribution in [-0.4, -0.2) is 4.98 Å². The van der Waals surface area contributed by atoms with Gasteiger partial charge in [0.15, 0.2) is 0 Å². The molecule has 0 spiro atoms. The molecule has 0 N–H and O–H groups in total. The quantitative estimate of drug-likeness (QED) is 0.678. The van der Waals surface area contributed by atoms with E-state index in [0.717, 1.165) is 0 Å². The Hall–Kier alpha value is -0.942. The molecule has 0 saturated carbocycles. The van der Waals surface area contributed by atoms with Gasteiger partial charge >= 0.3 is 21.1 Å².